The summed E-state index contributed by atoms with van der Waals surface area (Å²) in [6, 6.07) is 6.02. The maximum atomic E-state index is 12.4. The second-order valence-corrected chi connectivity index (χ2v) is 6.84. The molecule has 0 radical (unpaired) electrons. The van der Waals surface area contributed by atoms with E-state index in [9.17, 15) is 4.79 Å². The zero-order chi connectivity index (χ0) is 16.7. The summed E-state index contributed by atoms with van der Waals surface area (Å²) in [7, 11) is 0. The van der Waals surface area contributed by atoms with Crippen molar-refractivity contribution in [3.05, 3.63) is 40.3 Å². The Balaban J connectivity index is 1.79. The van der Waals surface area contributed by atoms with Crippen molar-refractivity contribution in [1.82, 2.24) is 20.2 Å². The van der Waals surface area contributed by atoms with Crippen LogP contribution in [-0.2, 0) is 6.54 Å². The van der Waals surface area contributed by atoms with Gasteiger partial charge in [-0.05, 0) is 39.0 Å². The van der Waals surface area contributed by atoms with Crippen LogP contribution in [0.3, 0.4) is 0 Å². The molecule has 2 heterocycles. The fraction of sp³-hybridized carbons (Fsp3) is 0.438. The van der Waals surface area contributed by atoms with Crippen molar-refractivity contribution in [1.29, 1.82) is 0 Å². The number of amides is 2. The molecule has 0 bridgehead atoms. The van der Waals surface area contributed by atoms with Crippen LogP contribution in [-0.4, -0.2) is 40.0 Å². The maximum Gasteiger partial charge on any atom is 0.318 e. The number of carbonyl (C=O) groups is 1. The molecule has 2 aromatic heterocycles. The van der Waals surface area contributed by atoms with E-state index in [1.807, 2.05) is 18.7 Å². The highest BCUT2D eigenvalue weighted by molar-refractivity contribution is 7.11. The van der Waals surface area contributed by atoms with Crippen LogP contribution < -0.4 is 10.6 Å². The first kappa shape index (κ1) is 17.2. The number of urea groups is 1. The highest BCUT2D eigenvalue weighted by Crippen LogP contribution is 2.18. The Morgan fingerprint density at radius 3 is 2.61 bits per heavy atom. The first-order valence-corrected chi connectivity index (χ1v) is 8.48. The smallest absolute Gasteiger partial charge is 0.318 e. The Bertz CT molecular complexity index is 614. The molecule has 0 unspecified atom stereocenters. The van der Waals surface area contributed by atoms with Crippen LogP contribution in [0, 0.1) is 6.92 Å². The Kier molecular flexibility index (Phi) is 6.34. The molecule has 0 atom stereocenters. The summed E-state index contributed by atoms with van der Waals surface area (Å²) >= 11 is 1.73. The molecule has 0 aromatic carbocycles. The monoisotopic (exact) mass is 333 g/mol. The standard InChI is InChI=1S/C16H23N5OS/c1-12(2)21(11-14-6-5-13(3)23-14)16(22)20-10-9-19-15-17-7-4-8-18-15/h4-8,12H,9-11H2,1-3H3,(H,20,22)(H,17,18,19). The van der Waals surface area contributed by atoms with Crippen molar-refractivity contribution in [3.63, 3.8) is 0 Å². The van der Waals surface area contributed by atoms with E-state index in [1.54, 1.807) is 29.8 Å². The van der Waals surface area contributed by atoms with Crippen molar-refractivity contribution in [2.24, 2.45) is 0 Å². The molecular formula is C16H23N5OS. The molecule has 2 aromatic rings. The summed E-state index contributed by atoms with van der Waals surface area (Å²) < 4.78 is 0. The van der Waals surface area contributed by atoms with Crippen molar-refractivity contribution < 1.29 is 4.79 Å². The van der Waals surface area contributed by atoms with E-state index in [0.717, 1.165) is 0 Å². The van der Waals surface area contributed by atoms with Gasteiger partial charge >= 0.3 is 6.03 Å². The summed E-state index contributed by atoms with van der Waals surface area (Å²) in [5, 5.41) is 6.00. The van der Waals surface area contributed by atoms with Gasteiger partial charge < -0.3 is 15.5 Å². The molecule has 0 aliphatic carbocycles. The number of nitrogens with one attached hydrogen (secondary N) is 2. The topological polar surface area (TPSA) is 70.2 Å². The highest BCUT2D eigenvalue weighted by Gasteiger charge is 2.17. The lowest BCUT2D eigenvalue weighted by Gasteiger charge is -2.26. The molecule has 0 aliphatic rings. The Hall–Kier alpha value is -2.15. The summed E-state index contributed by atoms with van der Waals surface area (Å²) in [6.45, 7) is 7.86. The molecule has 0 fully saturated rings. The summed E-state index contributed by atoms with van der Waals surface area (Å²) in [4.78, 5) is 24.8. The average molecular weight is 333 g/mol. The third kappa shape index (κ3) is 5.52. The molecular weight excluding hydrogens is 310 g/mol. The summed E-state index contributed by atoms with van der Waals surface area (Å²) in [6.07, 6.45) is 3.36. The first-order chi connectivity index (χ1) is 11.1. The van der Waals surface area contributed by atoms with Gasteiger partial charge in [-0.1, -0.05) is 0 Å². The molecule has 0 spiro atoms. The SMILES string of the molecule is Cc1ccc(CN(C(=O)NCCNc2ncccn2)C(C)C)s1. The van der Waals surface area contributed by atoms with Gasteiger partial charge in [-0.15, -0.1) is 11.3 Å². The number of aryl methyl sites for hydroxylation is 1. The predicted octanol–water partition coefficient (Wildman–Crippen LogP) is 2.88. The van der Waals surface area contributed by atoms with Gasteiger partial charge in [0.05, 0.1) is 6.54 Å². The van der Waals surface area contributed by atoms with E-state index >= 15 is 0 Å². The first-order valence-electron chi connectivity index (χ1n) is 7.67. The van der Waals surface area contributed by atoms with Crippen molar-refractivity contribution in [3.8, 4) is 0 Å². The van der Waals surface area contributed by atoms with E-state index in [4.69, 9.17) is 0 Å². The van der Waals surface area contributed by atoms with Crippen molar-refractivity contribution in [2.75, 3.05) is 18.4 Å². The van der Waals surface area contributed by atoms with E-state index in [-0.39, 0.29) is 12.1 Å². The fourth-order valence-electron chi connectivity index (χ4n) is 2.06. The second-order valence-electron chi connectivity index (χ2n) is 5.47. The number of carbonyl (C=O) groups excluding carboxylic acids is 1. The zero-order valence-corrected chi connectivity index (χ0v) is 14.6. The average Bonchev–Trinajstić information content (AvgIpc) is 2.95. The van der Waals surface area contributed by atoms with Crippen LogP contribution in [0.2, 0.25) is 0 Å². The molecule has 7 heteroatoms. The molecule has 0 saturated carbocycles. The molecule has 2 N–H and O–H groups in total. The van der Waals surface area contributed by atoms with Crippen LogP contribution in [0.15, 0.2) is 30.6 Å². The van der Waals surface area contributed by atoms with Crippen molar-refractivity contribution >= 4 is 23.3 Å². The normalized spacial score (nSPS) is 10.6. The molecule has 0 aliphatic heterocycles. The number of hydrogen-bond acceptors (Lipinski definition) is 5. The number of anilines is 1. The third-order valence-corrected chi connectivity index (χ3v) is 4.24. The minimum absolute atomic E-state index is 0.0539. The zero-order valence-electron chi connectivity index (χ0n) is 13.7. The number of aromatic nitrogens is 2. The number of thiophene rings is 1. The van der Waals surface area contributed by atoms with Gasteiger partial charge in [0, 0.05) is 41.3 Å². The van der Waals surface area contributed by atoms with Gasteiger partial charge in [0.15, 0.2) is 0 Å². The maximum absolute atomic E-state index is 12.4. The van der Waals surface area contributed by atoms with Gasteiger partial charge in [-0.2, -0.15) is 0 Å². The van der Waals surface area contributed by atoms with Crippen LogP contribution in [0.5, 0.6) is 0 Å². The molecule has 2 amide bonds. The Labute approximate surface area is 141 Å². The Morgan fingerprint density at radius 1 is 1.26 bits per heavy atom. The third-order valence-electron chi connectivity index (χ3n) is 3.26. The van der Waals surface area contributed by atoms with E-state index in [0.29, 0.717) is 25.6 Å². The van der Waals surface area contributed by atoms with Crippen LogP contribution in [0.1, 0.15) is 23.6 Å². The summed E-state index contributed by atoms with van der Waals surface area (Å²) in [5.41, 5.74) is 0. The molecule has 23 heavy (non-hydrogen) atoms. The number of nitrogens with zero attached hydrogens (tertiary/aromatic N) is 3. The molecule has 2 rings (SSSR count). The van der Waals surface area contributed by atoms with Gasteiger partial charge in [0.25, 0.3) is 0 Å². The Morgan fingerprint density at radius 2 is 2.00 bits per heavy atom. The van der Waals surface area contributed by atoms with Crippen molar-refractivity contribution in [2.45, 2.75) is 33.4 Å². The minimum Gasteiger partial charge on any atom is -0.352 e. The lowest BCUT2D eigenvalue weighted by atomic mass is 10.3. The van der Waals surface area contributed by atoms with Gasteiger partial charge in [-0.3, -0.25) is 0 Å². The van der Waals surface area contributed by atoms with E-state index in [2.05, 4.69) is 39.7 Å². The number of rotatable bonds is 7. The second kappa shape index (κ2) is 8.47. The van der Waals surface area contributed by atoms with Crippen LogP contribution in [0.4, 0.5) is 10.7 Å². The predicted molar refractivity (Wildman–Crippen MR) is 93.7 cm³/mol. The molecule has 6 nitrogen and oxygen atoms in total. The van der Waals surface area contributed by atoms with Crippen LogP contribution >= 0.6 is 11.3 Å². The molecule has 124 valence electrons. The van der Waals surface area contributed by atoms with E-state index < -0.39 is 0 Å². The lowest BCUT2D eigenvalue weighted by Crippen LogP contribution is -2.44. The largest absolute Gasteiger partial charge is 0.352 e. The quantitative estimate of drug-likeness (QED) is 0.765. The molecule has 0 saturated heterocycles. The number of hydrogen-bond donors (Lipinski definition) is 2. The van der Waals surface area contributed by atoms with Gasteiger partial charge in [0.1, 0.15) is 0 Å². The fourth-order valence-corrected chi connectivity index (χ4v) is 2.95. The summed E-state index contributed by atoms with van der Waals surface area (Å²) in [5.74, 6) is 0.566. The minimum atomic E-state index is -0.0539. The van der Waals surface area contributed by atoms with Crippen LogP contribution in [0.25, 0.3) is 0 Å². The van der Waals surface area contributed by atoms with Gasteiger partial charge in [0.2, 0.25) is 5.95 Å². The highest BCUT2D eigenvalue weighted by atomic mass is 32.1. The lowest BCUT2D eigenvalue weighted by molar-refractivity contribution is 0.181. The van der Waals surface area contributed by atoms with E-state index in [1.165, 1.54) is 9.75 Å². The van der Waals surface area contributed by atoms with Gasteiger partial charge in [-0.25, -0.2) is 14.8 Å².